The first-order chi connectivity index (χ1) is 12.6. The van der Waals surface area contributed by atoms with Crippen LogP contribution in [-0.4, -0.2) is 91.6 Å². The van der Waals surface area contributed by atoms with Crippen LogP contribution in [0.2, 0.25) is 0 Å². The number of carbonyl (C=O) groups is 2. The third-order valence-electron chi connectivity index (χ3n) is 5.00. The Kier molecular flexibility index (Phi) is 7.47. The lowest BCUT2D eigenvalue weighted by atomic mass is 10.1. The lowest BCUT2D eigenvalue weighted by molar-refractivity contribution is -0.192. The standard InChI is InChI=1S/C15H26N2O3.C2HF3O2/c1-16(2)14(18)10-20-13-6-5-12-15(13)19-8-7-17(12)9-11-3-4-11;3-2(4,5)1(6)7/h11-13,15H,3-10H2,1-2H3;(H,6,7)/t12-,13+,15+;/m0./s1. The number of fused-ring (bicyclic) bond motifs is 1. The minimum absolute atomic E-state index is 0.0269. The maximum Gasteiger partial charge on any atom is 0.490 e. The molecule has 0 bridgehead atoms. The summed E-state index contributed by atoms with van der Waals surface area (Å²) in [4.78, 5) is 24.7. The number of amides is 1. The molecule has 0 aromatic carbocycles. The smallest absolute Gasteiger partial charge is 0.475 e. The van der Waals surface area contributed by atoms with Crippen LogP contribution < -0.4 is 0 Å². The number of halogens is 3. The minimum Gasteiger partial charge on any atom is -0.475 e. The summed E-state index contributed by atoms with van der Waals surface area (Å²) in [6, 6.07) is 0.504. The normalized spacial score (nSPS) is 28.1. The molecule has 27 heavy (non-hydrogen) atoms. The van der Waals surface area contributed by atoms with Gasteiger partial charge in [-0.1, -0.05) is 0 Å². The Morgan fingerprint density at radius 3 is 2.37 bits per heavy atom. The Morgan fingerprint density at radius 1 is 1.22 bits per heavy atom. The van der Waals surface area contributed by atoms with E-state index in [0.29, 0.717) is 6.04 Å². The van der Waals surface area contributed by atoms with Gasteiger partial charge in [0, 0.05) is 33.2 Å². The number of morpholine rings is 1. The number of nitrogens with zero attached hydrogens (tertiary/aromatic N) is 2. The van der Waals surface area contributed by atoms with Crippen LogP contribution in [0.4, 0.5) is 13.2 Å². The van der Waals surface area contributed by atoms with Crippen LogP contribution in [0, 0.1) is 5.92 Å². The highest BCUT2D eigenvalue weighted by Gasteiger charge is 2.44. The molecule has 156 valence electrons. The second kappa shape index (κ2) is 9.20. The van der Waals surface area contributed by atoms with Gasteiger partial charge in [0.25, 0.3) is 0 Å². The van der Waals surface area contributed by atoms with Gasteiger partial charge in [0.15, 0.2) is 0 Å². The van der Waals surface area contributed by atoms with E-state index in [2.05, 4.69) is 4.90 Å². The summed E-state index contributed by atoms with van der Waals surface area (Å²) in [6.07, 6.45) is 0.108. The monoisotopic (exact) mass is 396 g/mol. The number of likely N-dealkylation sites (N-methyl/N-ethyl adjacent to an activating group) is 1. The van der Waals surface area contributed by atoms with E-state index in [0.717, 1.165) is 31.9 Å². The number of carboxylic acid groups (broad SMARTS) is 1. The second-order valence-corrected chi connectivity index (χ2v) is 7.36. The number of rotatable bonds is 5. The van der Waals surface area contributed by atoms with Crippen molar-refractivity contribution in [2.24, 2.45) is 5.92 Å². The fraction of sp³-hybridized carbons (Fsp3) is 0.882. The highest BCUT2D eigenvalue weighted by molar-refractivity contribution is 5.76. The Hall–Kier alpha value is -1.39. The van der Waals surface area contributed by atoms with Gasteiger partial charge in [-0.15, -0.1) is 0 Å². The van der Waals surface area contributed by atoms with Gasteiger partial charge in [-0.05, 0) is 31.6 Å². The summed E-state index contributed by atoms with van der Waals surface area (Å²) < 4.78 is 43.5. The summed E-state index contributed by atoms with van der Waals surface area (Å²) in [7, 11) is 3.52. The van der Waals surface area contributed by atoms with Crippen LogP contribution >= 0.6 is 0 Å². The molecule has 3 aliphatic rings. The number of aliphatic carboxylic acids is 1. The number of carboxylic acids is 1. The zero-order valence-corrected chi connectivity index (χ0v) is 15.6. The van der Waals surface area contributed by atoms with Crippen LogP contribution in [-0.2, 0) is 19.1 Å². The summed E-state index contributed by atoms with van der Waals surface area (Å²) in [5, 5.41) is 7.12. The molecular weight excluding hydrogens is 369 g/mol. The minimum atomic E-state index is -5.08. The fourth-order valence-electron chi connectivity index (χ4n) is 3.34. The van der Waals surface area contributed by atoms with Crippen LogP contribution in [0.5, 0.6) is 0 Å². The first kappa shape index (κ1) is 21.9. The summed E-state index contributed by atoms with van der Waals surface area (Å²) in [5.74, 6) is -1.81. The molecule has 1 aliphatic heterocycles. The molecule has 0 spiro atoms. The van der Waals surface area contributed by atoms with Crippen molar-refractivity contribution >= 4 is 11.9 Å². The molecule has 3 atom stereocenters. The van der Waals surface area contributed by atoms with Gasteiger partial charge in [0.2, 0.25) is 5.91 Å². The van der Waals surface area contributed by atoms with Gasteiger partial charge in [0.1, 0.15) is 6.61 Å². The van der Waals surface area contributed by atoms with Crippen molar-refractivity contribution < 1.29 is 37.3 Å². The van der Waals surface area contributed by atoms with Crippen molar-refractivity contribution in [3.05, 3.63) is 0 Å². The zero-order valence-electron chi connectivity index (χ0n) is 15.6. The Labute approximate surface area is 156 Å². The predicted octanol–water partition coefficient (Wildman–Crippen LogP) is 1.37. The molecule has 3 rings (SSSR count). The van der Waals surface area contributed by atoms with Crippen molar-refractivity contribution in [2.45, 2.75) is 50.1 Å². The highest BCUT2D eigenvalue weighted by Crippen LogP contribution is 2.36. The van der Waals surface area contributed by atoms with Crippen LogP contribution in [0.25, 0.3) is 0 Å². The molecule has 0 radical (unpaired) electrons. The van der Waals surface area contributed by atoms with Crippen molar-refractivity contribution in [3.63, 3.8) is 0 Å². The highest BCUT2D eigenvalue weighted by atomic mass is 19.4. The Balaban J connectivity index is 0.000000321. The maximum atomic E-state index is 11.6. The van der Waals surface area contributed by atoms with Crippen molar-refractivity contribution in [2.75, 3.05) is 40.4 Å². The average Bonchev–Trinajstić information content (AvgIpc) is 3.30. The van der Waals surface area contributed by atoms with Crippen molar-refractivity contribution in [1.29, 1.82) is 0 Å². The number of carbonyl (C=O) groups excluding carboxylic acids is 1. The van der Waals surface area contributed by atoms with E-state index in [1.807, 2.05) is 0 Å². The molecule has 2 saturated carbocycles. The maximum absolute atomic E-state index is 11.6. The van der Waals surface area contributed by atoms with E-state index in [1.54, 1.807) is 19.0 Å². The molecular formula is C17H27F3N2O5. The van der Waals surface area contributed by atoms with E-state index in [9.17, 15) is 18.0 Å². The lowest BCUT2D eigenvalue weighted by Gasteiger charge is -2.39. The largest absolute Gasteiger partial charge is 0.490 e. The van der Waals surface area contributed by atoms with Crippen molar-refractivity contribution in [1.82, 2.24) is 9.80 Å². The van der Waals surface area contributed by atoms with E-state index >= 15 is 0 Å². The van der Waals surface area contributed by atoms with E-state index in [-0.39, 0.29) is 24.7 Å². The fourth-order valence-corrected chi connectivity index (χ4v) is 3.34. The SMILES string of the molecule is CN(C)C(=O)CO[C@@H]1CC[C@H]2[C@H]1OCCN2CC1CC1.O=C(O)C(F)(F)F. The number of hydrogen-bond acceptors (Lipinski definition) is 5. The van der Waals surface area contributed by atoms with Gasteiger partial charge >= 0.3 is 12.1 Å². The van der Waals surface area contributed by atoms with E-state index in [4.69, 9.17) is 19.4 Å². The van der Waals surface area contributed by atoms with Crippen LogP contribution in [0.1, 0.15) is 25.7 Å². The van der Waals surface area contributed by atoms with E-state index < -0.39 is 12.1 Å². The van der Waals surface area contributed by atoms with E-state index in [1.165, 1.54) is 19.4 Å². The van der Waals surface area contributed by atoms with Gasteiger partial charge in [-0.2, -0.15) is 13.2 Å². The third-order valence-corrected chi connectivity index (χ3v) is 5.00. The summed E-state index contributed by atoms with van der Waals surface area (Å²) in [6.45, 7) is 3.26. The Morgan fingerprint density at radius 2 is 1.85 bits per heavy atom. The molecule has 0 aromatic heterocycles. The molecule has 1 heterocycles. The molecule has 7 nitrogen and oxygen atoms in total. The first-order valence-corrected chi connectivity index (χ1v) is 9.07. The molecule has 3 fully saturated rings. The van der Waals surface area contributed by atoms with Gasteiger partial charge < -0.3 is 19.5 Å². The molecule has 2 aliphatic carbocycles. The molecule has 0 unspecified atom stereocenters. The molecule has 1 amide bonds. The lowest BCUT2D eigenvalue weighted by Crippen LogP contribution is -2.52. The molecule has 1 saturated heterocycles. The first-order valence-electron chi connectivity index (χ1n) is 9.07. The average molecular weight is 396 g/mol. The topological polar surface area (TPSA) is 79.3 Å². The zero-order chi connectivity index (χ0) is 20.2. The summed E-state index contributed by atoms with van der Waals surface area (Å²) in [5.41, 5.74) is 0. The quantitative estimate of drug-likeness (QED) is 0.756. The Bertz CT molecular complexity index is 525. The number of ether oxygens (including phenoxy) is 2. The predicted molar refractivity (Wildman–Crippen MR) is 89.2 cm³/mol. The van der Waals surface area contributed by atoms with Crippen LogP contribution in [0.3, 0.4) is 0 Å². The van der Waals surface area contributed by atoms with Crippen LogP contribution in [0.15, 0.2) is 0 Å². The molecule has 10 heteroatoms. The third kappa shape index (κ3) is 6.62. The number of alkyl halides is 3. The molecule has 0 aromatic rings. The summed E-state index contributed by atoms with van der Waals surface area (Å²) >= 11 is 0. The van der Waals surface area contributed by atoms with Crippen molar-refractivity contribution in [3.8, 4) is 0 Å². The van der Waals surface area contributed by atoms with Gasteiger partial charge in [0.05, 0.1) is 18.8 Å². The van der Waals surface area contributed by atoms with Gasteiger partial charge in [-0.25, -0.2) is 4.79 Å². The number of hydrogen-bond donors (Lipinski definition) is 1. The molecule has 1 N–H and O–H groups in total. The second-order valence-electron chi connectivity index (χ2n) is 7.36. The van der Waals surface area contributed by atoms with Gasteiger partial charge in [-0.3, -0.25) is 9.69 Å².